The van der Waals surface area contributed by atoms with Gasteiger partial charge in [0.05, 0.1) is 0 Å². The van der Waals surface area contributed by atoms with Crippen molar-refractivity contribution in [1.82, 2.24) is 19.6 Å². The Kier molecular flexibility index (Phi) is 2.18. The first-order chi connectivity index (χ1) is 7.84. The van der Waals surface area contributed by atoms with E-state index in [0.717, 1.165) is 10.0 Å². The molecule has 4 nitrogen and oxygen atoms in total. The van der Waals surface area contributed by atoms with Gasteiger partial charge in [-0.2, -0.15) is 4.98 Å². The first-order valence-electron chi connectivity index (χ1n) is 4.77. The SMILES string of the molecule is Brc1ccccc1-c1nc2ncccn2n1. The third kappa shape index (κ3) is 1.49. The molecule has 3 aromatic rings. The first kappa shape index (κ1) is 9.47. The van der Waals surface area contributed by atoms with Crippen LogP contribution >= 0.6 is 15.9 Å². The van der Waals surface area contributed by atoms with E-state index in [4.69, 9.17) is 0 Å². The molecule has 0 atom stereocenters. The summed E-state index contributed by atoms with van der Waals surface area (Å²) in [6.45, 7) is 0. The molecule has 0 radical (unpaired) electrons. The van der Waals surface area contributed by atoms with Crippen molar-refractivity contribution in [3.63, 3.8) is 0 Å². The normalized spacial score (nSPS) is 10.8. The van der Waals surface area contributed by atoms with E-state index < -0.39 is 0 Å². The predicted molar refractivity (Wildman–Crippen MR) is 63.9 cm³/mol. The van der Waals surface area contributed by atoms with Crippen LogP contribution in [-0.4, -0.2) is 19.6 Å². The van der Waals surface area contributed by atoms with E-state index in [1.807, 2.05) is 36.5 Å². The lowest BCUT2D eigenvalue weighted by Gasteiger charge is -1.96. The number of hydrogen-bond donors (Lipinski definition) is 0. The fourth-order valence-electron chi connectivity index (χ4n) is 1.49. The number of hydrogen-bond acceptors (Lipinski definition) is 3. The molecule has 0 spiro atoms. The lowest BCUT2D eigenvalue weighted by molar-refractivity contribution is 0.942. The molecular formula is C11H7BrN4. The number of halogens is 1. The van der Waals surface area contributed by atoms with Crippen LogP contribution in [0.15, 0.2) is 47.2 Å². The fraction of sp³-hybridized carbons (Fsp3) is 0. The molecular weight excluding hydrogens is 268 g/mol. The molecule has 5 heteroatoms. The molecule has 16 heavy (non-hydrogen) atoms. The molecule has 0 N–H and O–H groups in total. The van der Waals surface area contributed by atoms with Gasteiger partial charge in [-0.15, -0.1) is 5.10 Å². The van der Waals surface area contributed by atoms with E-state index in [1.54, 1.807) is 10.7 Å². The van der Waals surface area contributed by atoms with Crippen LogP contribution in [0.25, 0.3) is 17.2 Å². The molecule has 1 aromatic carbocycles. The summed E-state index contributed by atoms with van der Waals surface area (Å²) in [6, 6.07) is 9.68. The van der Waals surface area contributed by atoms with Crippen molar-refractivity contribution in [3.05, 3.63) is 47.2 Å². The summed E-state index contributed by atoms with van der Waals surface area (Å²) < 4.78 is 2.64. The van der Waals surface area contributed by atoms with Gasteiger partial charge in [-0.05, 0) is 18.2 Å². The molecule has 2 aromatic heterocycles. The van der Waals surface area contributed by atoms with Crippen molar-refractivity contribution in [2.45, 2.75) is 0 Å². The Hall–Kier alpha value is -1.75. The van der Waals surface area contributed by atoms with E-state index in [1.165, 1.54) is 0 Å². The van der Waals surface area contributed by atoms with E-state index in [2.05, 4.69) is 31.0 Å². The zero-order valence-corrected chi connectivity index (χ0v) is 9.79. The van der Waals surface area contributed by atoms with Crippen molar-refractivity contribution in [2.75, 3.05) is 0 Å². The van der Waals surface area contributed by atoms with E-state index in [9.17, 15) is 0 Å². The van der Waals surface area contributed by atoms with Crippen LogP contribution in [0.3, 0.4) is 0 Å². The molecule has 0 aliphatic heterocycles. The highest BCUT2D eigenvalue weighted by atomic mass is 79.9. The molecule has 3 rings (SSSR count). The summed E-state index contributed by atoms with van der Waals surface area (Å²) in [5.41, 5.74) is 0.966. The summed E-state index contributed by atoms with van der Waals surface area (Å²) in [5.74, 6) is 1.28. The predicted octanol–water partition coefficient (Wildman–Crippen LogP) is 2.55. The molecule has 0 fully saturated rings. The van der Waals surface area contributed by atoms with Gasteiger partial charge >= 0.3 is 0 Å². The third-order valence-corrected chi connectivity index (χ3v) is 2.92. The van der Waals surface area contributed by atoms with Crippen LogP contribution in [-0.2, 0) is 0 Å². The second-order valence-electron chi connectivity index (χ2n) is 3.28. The average Bonchev–Trinajstić information content (AvgIpc) is 2.73. The lowest BCUT2D eigenvalue weighted by Crippen LogP contribution is -1.87. The Labute approximate surface area is 100 Å². The molecule has 78 valence electrons. The van der Waals surface area contributed by atoms with Crippen molar-refractivity contribution in [1.29, 1.82) is 0 Å². The third-order valence-electron chi connectivity index (χ3n) is 2.23. The van der Waals surface area contributed by atoms with Gasteiger partial charge in [0, 0.05) is 22.4 Å². The standard InChI is InChI=1S/C11H7BrN4/c12-9-5-2-1-4-8(9)10-14-11-13-6-3-7-16(11)15-10/h1-7H. The van der Waals surface area contributed by atoms with Crippen LogP contribution in [0.1, 0.15) is 0 Å². The molecule has 0 aliphatic carbocycles. The van der Waals surface area contributed by atoms with Crippen molar-refractivity contribution >= 4 is 21.7 Å². The van der Waals surface area contributed by atoms with Gasteiger partial charge in [-0.3, -0.25) is 0 Å². The molecule has 0 saturated heterocycles. The zero-order chi connectivity index (χ0) is 11.0. The number of fused-ring (bicyclic) bond motifs is 1. The molecule has 0 unspecified atom stereocenters. The maximum absolute atomic E-state index is 4.36. The Morgan fingerprint density at radius 3 is 2.81 bits per heavy atom. The minimum absolute atomic E-state index is 0.605. The van der Waals surface area contributed by atoms with E-state index in [0.29, 0.717) is 11.6 Å². The fourth-order valence-corrected chi connectivity index (χ4v) is 1.95. The maximum Gasteiger partial charge on any atom is 0.252 e. The number of rotatable bonds is 1. The van der Waals surface area contributed by atoms with Crippen LogP contribution in [0, 0.1) is 0 Å². The van der Waals surface area contributed by atoms with Gasteiger partial charge in [0.25, 0.3) is 5.78 Å². The average molecular weight is 275 g/mol. The van der Waals surface area contributed by atoms with Gasteiger partial charge in [0.1, 0.15) is 0 Å². The second-order valence-corrected chi connectivity index (χ2v) is 4.13. The minimum atomic E-state index is 0.605. The molecule has 0 saturated carbocycles. The highest BCUT2D eigenvalue weighted by Crippen LogP contribution is 2.24. The summed E-state index contributed by atoms with van der Waals surface area (Å²) in [5, 5.41) is 4.36. The van der Waals surface area contributed by atoms with Crippen LogP contribution in [0.5, 0.6) is 0 Å². The monoisotopic (exact) mass is 274 g/mol. The minimum Gasteiger partial charge on any atom is -0.220 e. The smallest absolute Gasteiger partial charge is 0.220 e. The van der Waals surface area contributed by atoms with Crippen molar-refractivity contribution in [2.24, 2.45) is 0 Å². The molecule has 0 amide bonds. The van der Waals surface area contributed by atoms with Crippen molar-refractivity contribution in [3.8, 4) is 11.4 Å². The van der Waals surface area contributed by atoms with Gasteiger partial charge in [0.15, 0.2) is 5.82 Å². The summed E-state index contributed by atoms with van der Waals surface area (Å²) in [4.78, 5) is 8.49. The molecule has 2 heterocycles. The molecule has 0 aliphatic rings. The topological polar surface area (TPSA) is 43.1 Å². The van der Waals surface area contributed by atoms with Gasteiger partial charge in [-0.1, -0.05) is 28.1 Å². The summed E-state index contributed by atoms with van der Waals surface area (Å²) in [6.07, 6.45) is 3.53. The Morgan fingerprint density at radius 2 is 2.00 bits per heavy atom. The van der Waals surface area contributed by atoms with Crippen LogP contribution in [0.2, 0.25) is 0 Å². The number of benzene rings is 1. The Morgan fingerprint density at radius 1 is 1.12 bits per heavy atom. The Balaban J connectivity index is 2.23. The number of aromatic nitrogens is 4. The summed E-state index contributed by atoms with van der Waals surface area (Å²) in [7, 11) is 0. The van der Waals surface area contributed by atoms with Gasteiger partial charge in [0.2, 0.25) is 0 Å². The van der Waals surface area contributed by atoms with Gasteiger partial charge in [-0.25, -0.2) is 9.50 Å². The zero-order valence-electron chi connectivity index (χ0n) is 8.21. The number of nitrogens with zero attached hydrogens (tertiary/aromatic N) is 4. The summed E-state index contributed by atoms with van der Waals surface area (Å²) >= 11 is 3.48. The molecule has 0 bridgehead atoms. The van der Waals surface area contributed by atoms with E-state index in [-0.39, 0.29) is 0 Å². The lowest BCUT2D eigenvalue weighted by atomic mass is 10.2. The first-order valence-corrected chi connectivity index (χ1v) is 5.56. The van der Waals surface area contributed by atoms with Crippen LogP contribution < -0.4 is 0 Å². The Bertz CT molecular complexity index is 614. The second kappa shape index (κ2) is 3.68. The van der Waals surface area contributed by atoms with Crippen molar-refractivity contribution < 1.29 is 0 Å². The largest absolute Gasteiger partial charge is 0.252 e. The maximum atomic E-state index is 4.36. The quantitative estimate of drug-likeness (QED) is 0.685. The highest BCUT2D eigenvalue weighted by Gasteiger charge is 2.08. The van der Waals surface area contributed by atoms with E-state index >= 15 is 0 Å². The highest BCUT2D eigenvalue weighted by molar-refractivity contribution is 9.10. The van der Waals surface area contributed by atoms with Crippen LogP contribution in [0.4, 0.5) is 0 Å². The van der Waals surface area contributed by atoms with Gasteiger partial charge < -0.3 is 0 Å².